The van der Waals surface area contributed by atoms with Gasteiger partial charge in [-0.05, 0) is 24.3 Å². The highest BCUT2D eigenvalue weighted by molar-refractivity contribution is 6.31. The highest BCUT2D eigenvalue weighted by Crippen LogP contribution is 2.36. The van der Waals surface area contributed by atoms with Gasteiger partial charge in [-0.2, -0.15) is 0 Å². The number of hydrogen-bond acceptors (Lipinski definition) is 5. The maximum Gasteiger partial charge on any atom is 0.277 e. The van der Waals surface area contributed by atoms with Crippen LogP contribution < -0.4 is 0 Å². The predicted octanol–water partition coefficient (Wildman–Crippen LogP) is 4.88. The van der Waals surface area contributed by atoms with E-state index in [2.05, 4.69) is 11.8 Å². The molecule has 2 aromatic carbocycles. The van der Waals surface area contributed by atoms with Gasteiger partial charge in [-0.25, -0.2) is 0 Å². The molecule has 7 nitrogen and oxygen atoms in total. The molecule has 9 heteroatoms. The lowest BCUT2D eigenvalue weighted by Crippen LogP contribution is -2.11. The van der Waals surface area contributed by atoms with Crippen LogP contribution in [0.2, 0.25) is 10.0 Å². The van der Waals surface area contributed by atoms with Gasteiger partial charge in [0.25, 0.3) is 11.4 Å². The molecule has 0 N–H and O–H groups in total. The second-order valence-electron chi connectivity index (χ2n) is 5.15. The summed E-state index contributed by atoms with van der Waals surface area (Å²) in [4.78, 5) is 21.2. The average molecular weight is 405 g/mol. The molecular weight excluding hydrogens is 395 g/mol. The van der Waals surface area contributed by atoms with Crippen LogP contribution in [-0.2, 0) is 4.74 Å². The number of benzene rings is 2. The Kier molecular flexibility index (Phi) is 6.38. The Morgan fingerprint density at radius 1 is 0.852 bits per heavy atom. The Labute approximate surface area is 164 Å². The Morgan fingerprint density at radius 3 is 1.52 bits per heavy atom. The van der Waals surface area contributed by atoms with Crippen molar-refractivity contribution in [3.63, 3.8) is 0 Å². The molecule has 27 heavy (non-hydrogen) atoms. The summed E-state index contributed by atoms with van der Waals surface area (Å²) >= 11 is 11.6. The summed E-state index contributed by atoms with van der Waals surface area (Å²) < 4.78 is 5.62. The molecule has 0 spiro atoms. The van der Waals surface area contributed by atoms with Crippen LogP contribution in [-0.4, -0.2) is 9.85 Å². The number of hydrogen-bond donors (Lipinski definition) is 0. The summed E-state index contributed by atoms with van der Waals surface area (Å²) in [5.74, 6) is 4.53. The van der Waals surface area contributed by atoms with Crippen LogP contribution in [0.1, 0.15) is 23.3 Å². The van der Waals surface area contributed by atoms with Gasteiger partial charge >= 0.3 is 0 Å². The number of nitro benzene ring substituents is 2. The molecule has 0 radical (unpaired) electrons. The minimum Gasteiger partial charge on any atom is -0.340 e. The third-order valence-corrected chi connectivity index (χ3v) is 3.99. The zero-order chi connectivity index (χ0) is 20.1. The smallest absolute Gasteiger partial charge is 0.277 e. The van der Waals surface area contributed by atoms with Gasteiger partial charge < -0.3 is 4.74 Å². The standard InChI is InChI=1S/C18H10Cl2N2O5/c1-3-17(13-7-5-11(19)9-15(13)21(23)24)27-18(4-2)14-8-6-12(20)10-16(14)22(25)26/h1-2,5-10,17-18H. The lowest BCUT2D eigenvalue weighted by molar-refractivity contribution is -0.386. The van der Waals surface area contributed by atoms with Crippen LogP contribution in [0.4, 0.5) is 11.4 Å². The molecule has 0 heterocycles. The van der Waals surface area contributed by atoms with Crippen molar-refractivity contribution in [2.75, 3.05) is 0 Å². The summed E-state index contributed by atoms with van der Waals surface area (Å²) in [7, 11) is 0. The first-order valence-electron chi connectivity index (χ1n) is 7.23. The van der Waals surface area contributed by atoms with Crippen LogP contribution >= 0.6 is 23.2 Å². The third-order valence-electron chi connectivity index (χ3n) is 3.52. The Balaban J connectivity index is 2.48. The fourth-order valence-corrected chi connectivity index (χ4v) is 2.67. The van der Waals surface area contributed by atoms with E-state index in [-0.39, 0.29) is 32.5 Å². The van der Waals surface area contributed by atoms with Crippen LogP contribution in [0.5, 0.6) is 0 Å². The van der Waals surface area contributed by atoms with Crippen LogP contribution in [0.25, 0.3) is 0 Å². The first-order valence-corrected chi connectivity index (χ1v) is 7.99. The Hall–Kier alpha value is -3.10. The average Bonchev–Trinajstić information content (AvgIpc) is 2.63. The molecule has 0 aliphatic rings. The van der Waals surface area contributed by atoms with Crippen molar-refractivity contribution in [3.05, 3.63) is 77.8 Å². The van der Waals surface area contributed by atoms with Gasteiger partial charge in [0.2, 0.25) is 0 Å². The zero-order valence-corrected chi connectivity index (χ0v) is 15.0. The van der Waals surface area contributed by atoms with Gasteiger partial charge in [-0.15, -0.1) is 12.8 Å². The van der Waals surface area contributed by atoms with Crippen LogP contribution in [0.3, 0.4) is 0 Å². The number of nitro groups is 2. The van der Waals surface area contributed by atoms with E-state index in [4.69, 9.17) is 40.8 Å². The van der Waals surface area contributed by atoms with Crippen molar-refractivity contribution < 1.29 is 14.6 Å². The summed E-state index contributed by atoms with van der Waals surface area (Å²) in [6, 6.07) is 7.75. The van der Waals surface area contributed by atoms with E-state index in [1.807, 2.05) is 0 Å². The third kappa shape index (κ3) is 4.55. The van der Waals surface area contributed by atoms with Crippen molar-refractivity contribution >= 4 is 34.6 Å². The summed E-state index contributed by atoms with van der Waals surface area (Å²) in [5.41, 5.74) is -0.619. The maximum atomic E-state index is 11.3. The van der Waals surface area contributed by atoms with Gasteiger partial charge in [-0.1, -0.05) is 35.0 Å². The van der Waals surface area contributed by atoms with Crippen molar-refractivity contribution in [1.82, 2.24) is 0 Å². The zero-order valence-electron chi connectivity index (χ0n) is 13.5. The molecule has 2 atom stereocenters. The first-order chi connectivity index (χ1) is 12.8. The topological polar surface area (TPSA) is 95.5 Å². The monoisotopic (exact) mass is 404 g/mol. The number of terminal acetylenes is 2. The summed E-state index contributed by atoms with van der Waals surface area (Å²) in [6.45, 7) is 0. The summed E-state index contributed by atoms with van der Waals surface area (Å²) in [6.07, 6.45) is 8.45. The van der Waals surface area contributed by atoms with Crippen LogP contribution in [0.15, 0.2) is 36.4 Å². The minimum absolute atomic E-state index is 0.0452. The molecule has 2 aromatic rings. The molecule has 0 aliphatic carbocycles. The predicted molar refractivity (Wildman–Crippen MR) is 100 cm³/mol. The van der Waals surface area contributed by atoms with Gasteiger partial charge in [-0.3, -0.25) is 20.2 Å². The fourth-order valence-electron chi connectivity index (χ4n) is 2.33. The van der Waals surface area contributed by atoms with E-state index in [9.17, 15) is 20.2 Å². The molecule has 0 aromatic heterocycles. The van der Waals surface area contributed by atoms with Crippen LogP contribution in [0, 0.1) is 44.9 Å². The molecule has 0 amide bonds. The minimum atomic E-state index is -1.24. The number of halogens is 2. The van der Waals surface area contributed by atoms with Gasteiger partial charge in [0.1, 0.15) is 0 Å². The molecule has 0 bridgehead atoms. The van der Waals surface area contributed by atoms with Gasteiger partial charge in [0.15, 0.2) is 12.2 Å². The van der Waals surface area contributed by atoms with Gasteiger partial charge in [0.05, 0.1) is 21.0 Å². The number of ether oxygens (including phenoxy) is 1. The van der Waals surface area contributed by atoms with Crippen molar-refractivity contribution in [3.8, 4) is 24.7 Å². The molecule has 0 aliphatic heterocycles. The summed E-state index contributed by atoms with van der Waals surface area (Å²) in [5, 5.41) is 22.8. The molecular formula is C18H10Cl2N2O5. The van der Waals surface area contributed by atoms with E-state index in [1.165, 1.54) is 24.3 Å². The second-order valence-corrected chi connectivity index (χ2v) is 6.02. The lowest BCUT2D eigenvalue weighted by Gasteiger charge is -2.18. The fraction of sp³-hybridized carbons (Fsp3) is 0.111. The molecule has 0 saturated heterocycles. The molecule has 136 valence electrons. The maximum absolute atomic E-state index is 11.3. The normalized spacial score (nSPS) is 12.4. The van der Waals surface area contributed by atoms with Crippen molar-refractivity contribution in [2.45, 2.75) is 12.2 Å². The Bertz CT molecular complexity index is 915. The lowest BCUT2D eigenvalue weighted by atomic mass is 10.0. The largest absolute Gasteiger partial charge is 0.340 e. The van der Waals surface area contributed by atoms with E-state index >= 15 is 0 Å². The quantitative estimate of drug-likeness (QED) is 0.388. The molecule has 2 rings (SSSR count). The van der Waals surface area contributed by atoms with E-state index in [1.54, 1.807) is 0 Å². The number of rotatable bonds is 6. The van der Waals surface area contributed by atoms with Gasteiger partial charge in [0, 0.05) is 22.2 Å². The SMILES string of the molecule is C#CC(OC(C#C)c1ccc(Cl)cc1[N+](=O)[O-])c1ccc(Cl)cc1[N+](=O)[O-]. The highest BCUT2D eigenvalue weighted by Gasteiger charge is 2.28. The molecule has 0 fully saturated rings. The van der Waals surface area contributed by atoms with E-state index in [0.29, 0.717) is 0 Å². The highest BCUT2D eigenvalue weighted by atomic mass is 35.5. The molecule has 2 unspecified atom stereocenters. The van der Waals surface area contributed by atoms with E-state index in [0.717, 1.165) is 12.1 Å². The van der Waals surface area contributed by atoms with E-state index < -0.39 is 22.1 Å². The van der Waals surface area contributed by atoms with Crippen molar-refractivity contribution in [1.29, 1.82) is 0 Å². The first kappa shape index (κ1) is 20.2. The second kappa shape index (κ2) is 8.52. The molecule has 0 saturated carbocycles. The Morgan fingerprint density at radius 2 is 1.22 bits per heavy atom. The van der Waals surface area contributed by atoms with Crippen molar-refractivity contribution in [2.24, 2.45) is 0 Å². The number of nitrogens with zero attached hydrogens (tertiary/aromatic N) is 2.